The number of benzene rings is 1. The van der Waals surface area contributed by atoms with E-state index in [0.29, 0.717) is 5.75 Å². The van der Waals surface area contributed by atoms with Crippen LogP contribution >= 0.6 is 0 Å². The fourth-order valence-corrected chi connectivity index (χ4v) is 3.78. The first-order valence-electron chi connectivity index (χ1n) is 9.18. The van der Waals surface area contributed by atoms with Gasteiger partial charge in [-0.25, -0.2) is 19.6 Å². The summed E-state index contributed by atoms with van der Waals surface area (Å²) in [4.78, 5) is 24.7. The summed E-state index contributed by atoms with van der Waals surface area (Å²) in [6.45, 7) is 2.49. The van der Waals surface area contributed by atoms with Crippen LogP contribution in [0.25, 0.3) is 0 Å². The number of hydrogen-bond donors (Lipinski definition) is 2. The van der Waals surface area contributed by atoms with Gasteiger partial charge in [0.15, 0.2) is 0 Å². The molecule has 1 heterocycles. The summed E-state index contributed by atoms with van der Waals surface area (Å²) < 4.78 is 18.5. The second-order valence-electron chi connectivity index (χ2n) is 6.73. The van der Waals surface area contributed by atoms with E-state index in [2.05, 4.69) is 10.3 Å². The van der Waals surface area contributed by atoms with E-state index in [1.54, 1.807) is 13.1 Å². The average molecular weight is 381 g/mol. The third-order valence-electron chi connectivity index (χ3n) is 5.24. The van der Waals surface area contributed by atoms with Crippen molar-refractivity contribution < 1.29 is 23.8 Å². The standard InChI is InChI=1S/C19H28FN3O4/c1-21-23(19(25)26)17(8-12-24)14-5-9-22(10-6-14)11-7-15-3-4-16(20)13-18(15)27-2/h3-4,12-14,17,21H,5-11H2,1-2H3,(H,25,26). The van der Waals surface area contributed by atoms with Crippen LogP contribution in [0.1, 0.15) is 24.8 Å². The predicted molar refractivity (Wildman–Crippen MR) is 99.2 cm³/mol. The van der Waals surface area contributed by atoms with Crippen molar-refractivity contribution in [1.29, 1.82) is 0 Å². The van der Waals surface area contributed by atoms with Crippen molar-refractivity contribution in [3.8, 4) is 5.75 Å². The van der Waals surface area contributed by atoms with E-state index < -0.39 is 6.09 Å². The molecule has 27 heavy (non-hydrogen) atoms. The molecule has 1 aliphatic heterocycles. The summed E-state index contributed by atoms with van der Waals surface area (Å²) in [5.41, 5.74) is 3.64. The first-order valence-corrected chi connectivity index (χ1v) is 9.18. The summed E-state index contributed by atoms with van der Waals surface area (Å²) in [5.74, 6) is 0.377. The molecule has 0 bridgehead atoms. The number of carbonyl (C=O) groups is 2. The molecule has 2 N–H and O–H groups in total. The van der Waals surface area contributed by atoms with Crippen LogP contribution < -0.4 is 10.2 Å². The lowest BCUT2D eigenvalue weighted by atomic mass is 9.87. The highest BCUT2D eigenvalue weighted by Gasteiger charge is 2.32. The third kappa shape index (κ3) is 5.64. The highest BCUT2D eigenvalue weighted by molar-refractivity contribution is 5.65. The van der Waals surface area contributed by atoms with Crippen LogP contribution in [0.3, 0.4) is 0 Å². The van der Waals surface area contributed by atoms with Gasteiger partial charge in [0.05, 0.1) is 13.2 Å². The largest absolute Gasteiger partial charge is 0.496 e. The Kier molecular flexibility index (Phi) is 7.99. The zero-order valence-corrected chi connectivity index (χ0v) is 15.9. The number of ether oxygens (including phenoxy) is 1. The molecule has 1 saturated heterocycles. The molecule has 1 amide bonds. The van der Waals surface area contributed by atoms with Gasteiger partial charge < -0.3 is 19.5 Å². The molecule has 8 heteroatoms. The first-order chi connectivity index (χ1) is 13.0. The molecule has 0 aliphatic carbocycles. The van der Waals surface area contributed by atoms with Gasteiger partial charge in [0.2, 0.25) is 0 Å². The quantitative estimate of drug-likeness (QED) is 0.504. The zero-order valence-electron chi connectivity index (χ0n) is 15.9. The second kappa shape index (κ2) is 10.2. The summed E-state index contributed by atoms with van der Waals surface area (Å²) in [5, 5.41) is 10.5. The average Bonchev–Trinajstić information content (AvgIpc) is 2.67. The number of hydrazine groups is 1. The molecular weight excluding hydrogens is 353 g/mol. The van der Waals surface area contributed by atoms with Crippen LogP contribution in [0.2, 0.25) is 0 Å². The molecule has 2 rings (SSSR count). The molecule has 1 aromatic carbocycles. The number of halogens is 1. The van der Waals surface area contributed by atoms with Gasteiger partial charge in [-0.2, -0.15) is 0 Å². The molecule has 1 atom stereocenters. The van der Waals surface area contributed by atoms with E-state index in [9.17, 15) is 19.1 Å². The number of rotatable bonds is 9. The van der Waals surface area contributed by atoms with E-state index in [1.807, 2.05) is 0 Å². The number of nitrogens with zero attached hydrogens (tertiary/aromatic N) is 2. The summed E-state index contributed by atoms with van der Waals surface area (Å²) >= 11 is 0. The van der Waals surface area contributed by atoms with Gasteiger partial charge in [0, 0.05) is 26.1 Å². The minimum atomic E-state index is -1.07. The number of carbonyl (C=O) groups excluding carboxylic acids is 1. The summed E-state index contributed by atoms with van der Waals surface area (Å²) in [6, 6.07) is 4.22. The van der Waals surface area contributed by atoms with Crippen molar-refractivity contribution in [3.05, 3.63) is 29.6 Å². The molecule has 0 saturated carbocycles. The first kappa shape index (κ1) is 21.1. The number of aldehydes is 1. The molecule has 0 spiro atoms. The van der Waals surface area contributed by atoms with Gasteiger partial charge in [0.25, 0.3) is 0 Å². The number of piperidine rings is 1. The Morgan fingerprint density at radius 3 is 2.74 bits per heavy atom. The Hall–Kier alpha value is -2.19. The maximum absolute atomic E-state index is 13.3. The summed E-state index contributed by atoms with van der Waals surface area (Å²) in [7, 11) is 3.09. The fraction of sp³-hybridized carbons (Fsp3) is 0.579. The van der Waals surface area contributed by atoms with E-state index >= 15 is 0 Å². The van der Waals surface area contributed by atoms with Crippen molar-refractivity contribution in [2.75, 3.05) is 33.8 Å². The number of hydrogen-bond acceptors (Lipinski definition) is 5. The van der Waals surface area contributed by atoms with E-state index in [-0.39, 0.29) is 24.2 Å². The molecule has 0 radical (unpaired) electrons. The van der Waals surface area contributed by atoms with Crippen LogP contribution in [0.15, 0.2) is 18.2 Å². The molecular formula is C19H28FN3O4. The Balaban J connectivity index is 1.90. The monoisotopic (exact) mass is 381 g/mol. The van der Waals surface area contributed by atoms with E-state index in [4.69, 9.17) is 4.74 Å². The zero-order chi connectivity index (χ0) is 19.8. The van der Waals surface area contributed by atoms with Crippen molar-refractivity contribution in [2.24, 2.45) is 5.92 Å². The van der Waals surface area contributed by atoms with Crippen LogP contribution in [0.4, 0.5) is 9.18 Å². The lowest BCUT2D eigenvalue weighted by Crippen LogP contribution is -2.52. The molecule has 1 aliphatic rings. The molecule has 150 valence electrons. The van der Waals surface area contributed by atoms with Crippen molar-refractivity contribution in [3.63, 3.8) is 0 Å². The molecule has 7 nitrogen and oxygen atoms in total. The number of nitrogens with one attached hydrogen (secondary N) is 1. The minimum Gasteiger partial charge on any atom is -0.496 e. The highest BCUT2D eigenvalue weighted by Crippen LogP contribution is 2.26. The van der Waals surface area contributed by atoms with Crippen molar-refractivity contribution in [2.45, 2.75) is 31.7 Å². The molecule has 1 aromatic rings. The van der Waals surface area contributed by atoms with Crippen LogP contribution in [-0.4, -0.2) is 67.2 Å². The highest BCUT2D eigenvalue weighted by atomic mass is 19.1. The number of carboxylic acid groups (broad SMARTS) is 1. The SMILES string of the molecule is CNN(C(=O)O)C(CC=O)C1CCN(CCc2ccc(F)cc2OC)CC1. The van der Waals surface area contributed by atoms with Gasteiger partial charge in [-0.3, -0.25) is 0 Å². The van der Waals surface area contributed by atoms with E-state index in [0.717, 1.165) is 55.8 Å². The van der Waals surface area contributed by atoms with Crippen LogP contribution in [0.5, 0.6) is 5.75 Å². The van der Waals surface area contributed by atoms with Crippen molar-refractivity contribution in [1.82, 2.24) is 15.3 Å². The van der Waals surface area contributed by atoms with Crippen molar-refractivity contribution >= 4 is 12.4 Å². The summed E-state index contributed by atoms with van der Waals surface area (Å²) in [6.07, 6.45) is 2.30. The third-order valence-corrected chi connectivity index (χ3v) is 5.24. The number of methoxy groups -OCH3 is 1. The van der Waals surface area contributed by atoms with Gasteiger partial charge in [0.1, 0.15) is 17.9 Å². The molecule has 1 fully saturated rings. The normalized spacial score (nSPS) is 16.7. The van der Waals surface area contributed by atoms with Gasteiger partial charge in [-0.15, -0.1) is 0 Å². The minimum absolute atomic E-state index is 0.135. The molecule has 1 unspecified atom stereocenters. The lowest BCUT2D eigenvalue weighted by Gasteiger charge is -2.39. The van der Waals surface area contributed by atoms with Crippen LogP contribution in [-0.2, 0) is 11.2 Å². The Morgan fingerprint density at radius 1 is 1.48 bits per heavy atom. The van der Waals surface area contributed by atoms with Gasteiger partial charge in [-0.05, 0) is 49.9 Å². The maximum atomic E-state index is 13.3. The second-order valence-corrected chi connectivity index (χ2v) is 6.73. The lowest BCUT2D eigenvalue weighted by molar-refractivity contribution is -0.109. The predicted octanol–water partition coefficient (Wildman–Crippen LogP) is 2.16. The topological polar surface area (TPSA) is 82.1 Å². The van der Waals surface area contributed by atoms with Gasteiger partial charge in [-0.1, -0.05) is 6.07 Å². The van der Waals surface area contributed by atoms with Crippen LogP contribution in [0, 0.1) is 11.7 Å². The number of amides is 1. The molecule has 0 aromatic heterocycles. The number of likely N-dealkylation sites (tertiary alicyclic amines) is 1. The Labute approximate surface area is 159 Å². The van der Waals surface area contributed by atoms with E-state index in [1.165, 1.54) is 19.2 Å². The Bertz CT molecular complexity index is 635. The maximum Gasteiger partial charge on any atom is 0.422 e. The Morgan fingerprint density at radius 2 is 2.19 bits per heavy atom. The van der Waals surface area contributed by atoms with Gasteiger partial charge >= 0.3 is 6.09 Å². The fourth-order valence-electron chi connectivity index (χ4n) is 3.78. The smallest absolute Gasteiger partial charge is 0.422 e.